The van der Waals surface area contributed by atoms with Crippen LogP contribution < -0.4 is 19.7 Å². The number of benzene rings is 2. The normalized spacial score (nSPS) is 12.1. The Labute approximate surface area is 169 Å². The van der Waals surface area contributed by atoms with Crippen LogP contribution in [0.2, 0.25) is 0 Å². The molecule has 3 aromatic rings. The van der Waals surface area contributed by atoms with Gasteiger partial charge in [0.05, 0.1) is 12.4 Å². The van der Waals surface area contributed by atoms with Crippen LogP contribution in [0.3, 0.4) is 0 Å². The first-order valence-electron chi connectivity index (χ1n) is 9.44. The first kappa shape index (κ1) is 18.7. The molecule has 1 aliphatic heterocycles. The first-order chi connectivity index (χ1) is 14.1. The van der Waals surface area contributed by atoms with Crippen molar-refractivity contribution in [3.05, 3.63) is 72.2 Å². The molecule has 4 rings (SSSR count). The molecule has 1 amide bonds. The highest BCUT2D eigenvalue weighted by atomic mass is 16.7. The van der Waals surface area contributed by atoms with E-state index in [4.69, 9.17) is 9.47 Å². The van der Waals surface area contributed by atoms with Gasteiger partial charge in [0.25, 0.3) is 5.91 Å². The number of ether oxygens (including phenoxy) is 2. The Morgan fingerprint density at radius 3 is 2.59 bits per heavy atom. The zero-order valence-electron chi connectivity index (χ0n) is 16.3. The molecule has 0 fully saturated rings. The number of anilines is 2. The third-order valence-electron chi connectivity index (χ3n) is 4.61. The molecule has 148 valence electrons. The number of nitrogens with zero attached hydrogens (tertiary/aromatic N) is 3. The summed E-state index contributed by atoms with van der Waals surface area (Å²) in [5.74, 6) is 1.67. The smallest absolute Gasteiger partial charge is 0.275 e. The second-order valence-corrected chi connectivity index (χ2v) is 6.99. The average Bonchev–Trinajstić information content (AvgIpc) is 3.20. The van der Waals surface area contributed by atoms with Crippen molar-refractivity contribution >= 4 is 17.4 Å². The molecule has 0 spiro atoms. The second kappa shape index (κ2) is 8.18. The van der Waals surface area contributed by atoms with Crippen molar-refractivity contribution in [2.75, 3.05) is 17.0 Å². The summed E-state index contributed by atoms with van der Waals surface area (Å²) in [5.41, 5.74) is 2.04. The van der Waals surface area contributed by atoms with Crippen LogP contribution in [0.4, 0.5) is 11.5 Å². The highest BCUT2D eigenvalue weighted by Crippen LogP contribution is 2.34. The summed E-state index contributed by atoms with van der Waals surface area (Å²) < 4.78 is 10.6. The minimum absolute atomic E-state index is 0.189. The van der Waals surface area contributed by atoms with Gasteiger partial charge in [-0.15, -0.1) is 0 Å². The van der Waals surface area contributed by atoms with E-state index < -0.39 is 0 Å². The number of hydrogen-bond donors (Lipinski definition) is 1. The third-order valence-corrected chi connectivity index (χ3v) is 4.61. The van der Waals surface area contributed by atoms with E-state index >= 15 is 0 Å². The quantitative estimate of drug-likeness (QED) is 0.688. The van der Waals surface area contributed by atoms with Crippen LogP contribution in [-0.4, -0.2) is 28.7 Å². The Morgan fingerprint density at radius 1 is 1.07 bits per heavy atom. The molecule has 0 saturated heterocycles. The van der Waals surface area contributed by atoms with E-state index in [0.717, 1.165) is 12.4 Å². The van der Waals surface area contributed by atoms with Gasteiger partial charge in [0.1, 0.15) is 11.5 Å². The molecule has 0 radical (unpaired) electrons. The van der Waals surface area contributed by atoms with Crippen molar-refractivity contribution in [3.63, 3.8) is 0 Å². The molecule has 7 nitrogen and oxygen atoms in total. The maximum atomic E-state index is 12.5. The maximum absolute atomic E-state index is 12.5. The van der Waals surface area contributed by atoms with Crippen LogP contribution >= 0.6 is 0 Å². The van der Waals surface area contributed by atoms with E-state index in [1.165, 1.54) is 11.8 Å². The number of amides is 1. The van der Waals surface area contributed by atoms with Gasteiger partial charge in [-0.2, -0.15) is 0 Å². The fourth-order valence-corrected chi connectivity index (χ4v) is 3.06. The van der Waals surface area contributed by atoms with Crippen LogP contribution in [0.25, 0.3) is 0 Å². The summed E-state index contributed by atoms with van der Waals surface area (Å²) in [6.07, 6.45) is 3.13. The van der Waals surface area contributed by atoms with Crippen molar-refractivity contribution in [2.45, 2.75) is 26.4 Å². The summed E-state index contributed by atoms with van der Waals surface area (Å²) in [6, 6.07) is 15.7. The summed E-state index contributed by atoms with van der Waals surface area (Å²) in [6.45, 7) is 5.11. The molecule has 0 saturated carbocycles. The maximum Gasteiger partial charge on any atom is 0.275 e. The lowest BCUT2D eigenvalue weighted by atomic mass is 10.2. The van der Waals surface area contributed by atoms with Crippen molar-refractivity contribution < 1.29 is 14.3 Å². The molecule has 2 heterocycles. The monoisotopic (exact) mass is 390 g/mol. The van der Waals surface area contributed by atoms with Gasteiger partial charge >= 0.3 is 0 Å². The Balaban J connectivity index is 1.46. The van der Waals surface area contributed by atoms with Gasteiger partial charge in [-0.3, -0.25) is 4.79 Å². The lowest BCUT2D eigenvalue weighted by Crippen LogP contribution is -2.31. The van der Waals surface area contributed by atoms with Gasteiger partial charge < -0.3 is 19.7 Å². The molecular formula is C22H22N4O3. The number of carbonyl (C=O) groups is 1. The Bertz CT molecular complexity index is 991. The van der Waals surface area contributed by atoms with E-state index in [9.17, 15) is 4.79 Å². The lowest BCUT2D eigenvalue weighted by molar-refractivity contribution is 0.102. The summed E-state index contributed by atoms with van der Waals surface area (Å²) in [5, 5.41) is 2.81. The van der Waals surface area contributed by atoms with Gasteiger partial charge in [-0.1, -0.05) is 30.3 Å². The zero-order chi connectivity index (χ0) is 20.2. The molecule has 0 atom stereocenters. The minimum atomic E-state index is -0.331. The molecule has 1 aromatic heterocycles. The van der Waals surface area contributed by atoms with E-state index in [1.54, 1.807) is 24.4 Å². The van der Waals surface area contributed by atoms with Crippen LogP contribution in [0, 0.1) is 0 Å². The Morgan fingerprint density at radius 2 is 1.86 bits per heavy atom. The van der Waals surface area contributed by atoms with Crippen molar-refractivity contribution in [2.24, 2.45) is 0 Å². The molecule has 1 N–H and O–H groups in total. The van der Waals surface area contributed by atoms with Crippen LogP contribution in [0.15, 0.2) is 60.9 Å². The van der Waals surface area contributed by atoms with Crippen molar-refractivity contribution in [3.8, 4) is 11.5 Å². The summed E-state index contributed by atoms with van der Waals surface area (Å²) in [7, 11) is 0. The minimum Gasteiger partial charge on any atom is -0.454 e. The summed E-state index contributed by atoms with van der Waals surface area (Å²) >= 11 is 0. The molecule has 0 aliphatic carbocycles. The molecule has 1 aliphatic rings. The van der Waals surface area contributed by atoms with Gasteiger partial charge in [0.15, 0.2) is 11.5 Å². The Kier molecular flexibility index (Phi) is 5.29. The van der Waals surface area contributed by atoms with E-state index in [1.807, 2.05) is 18.2 Å². The fourth-order valence-electron chi connectivity index (χ4n) is 3.06. The molecule has 0 bridgehead atoms. The highest BCUT2D eigenvalue weighted by Gasteiger charge is 2.17. The van der Waals surface area contributed by atoms with E-state index in [2.05, 4.69) is 46.2 Å². The van der Waals surface area contributed by atoms with Gasteiger partial charge in [0, 0.05) is 24.3 Å². The number of carbonyl (C=O) groups excluding carboxylic acids is 1. The zero-order valence-corrected chi connectivity index (χ0v) is 16.3. The molecule has 0 unspecified atom stereocenters. The standard InChI is InChI=1S/C22H22N4O3/c1-15(2)26(13-16-6-4-3-5-7-16)21-12-23-18(11-24-21)22(27)25-17-8-9-19-20(10-17)29-14-28-19/h3-12,15H,13-14H2,1-2H3,(H,25,27). The van der Waals surface area contributed by atoms with E-state index in [0.29, 0.717) is 17.2 Å². The second-order valence-electron chi connectivity index (χ2n) is 6.99. The van der Waals surface area contributed by atoms with Gasteiger partial charge in [-0.05, 0) is 31.5 Å². The predicted octanol–water partition coefficient (Wildman–Crippen LogP) is 3.87. The number of rotatable bonds is 6. The molecule has 7 heteroatoms. The Hall–Kier alpha value is -3.61. The van der Waals surface area contributed by atoms with Crippen LogP contribution in [0.1, 0.15) is 29.9 Å². The number of aromatic nitrogens is 2. The molecule has 2 aromatic carbocycles. The number of fused-ring (bicyclic) bond motifs is 1. The molecule has 29 heavy (non-hydrogen) atoms. The predicted molar refractivity (Wildman–Crippen MR) is 110 cm³/mol. The van der Waals surface area contributed by atoms with Crippen molar-refractivity contribution in [1.82, 2.24) is 9.97 Å². The largest absolute Gasteiger partial charge is 0.454 e. The molecular weight excluding hydrogens is 368 g/mol. The fraction of sp³-hybridized carbons (Fsp3) is 0.227. The number of hydrogen-bond acceptors (Lipinski definition) is 6. The third kappa shape index (κ3) is 4.29. The SMILES string of the molecule is CC(C)N(Cc1ccccc1)c1cnc(C(=O)Nc2ccc3c(c2)OCO3)cn1. The number of nitrogens with one attached hydrogen (secondary N) is 1. The summed E-state index contributed by atoms with van der Waals surface area (Å²) in [4.78, 5) is 23.5. The lowest BCUT2D eigenvalue weighted by Gasteiger charge is -2.27. The van der Waals surface area contributed by atoms with Crippen LogP contribution in [-0.2, 0) is 6.54 Å². The van der Waals surface area contributed by atoms with Gasteiger partial charge in [-0.25, -0.2) is 9.97 Å². The first-order valence-corrected chi connectivity index (χ1v) is 9.44. The average molecular weight is 390 g/mol. The van der Waals surface area contributed by atoms with Crippen LogP contribution in [0.5, 0.6) is 11.5 Å². The van der Waals surface area contributed by atoms with Gasteiger partial charge in [0.2, 0.25) is 6.79 Å². The van der Waals surface area contributed by atoms with Crippen molar-refractivity contribution in [1.29, 1.82) is 0 Å². The topological polar surface area (TPSA) is 76.6 Å². The highest BCUT2D eigenvalue weighted by molar-refractivity contribution is 6.02. The van der Waals surface area contributed by atoms with E-state index in [-0.39, 0.29) is 24.4 Å².